The summed E-state index contributed by atoms with van der Waals surface area (Å²) in [5.41, 5.74) is 4.03. The Morgan fingerprint density at radius 3 is 2.07 bits per heavy atom. The first-order valence-corrected chi connectivity index (χ1v) is 12.8. The van der Waals surface area contributed by atoms with Gasteiger partial charge >= 0.3 is 78.9 Å². The molecule has 0 bridgehead atoms. The van der Waals surface area contributed by atoms with Gasteiger partial charge in [-0.1, -0.05) is 0 Å². The van der Waals surface area contributed by atoms with Gasteiger partial charge in [0.05, 0.1) is 0 Å². The van der Waals surface area contributed by atoms with Crippen LogP contribution in [0.15, 0.2) is 30.3 Å². The molecule has 5 heteroatoms. The number of primary amides is 1. The number of carboxylic acid groups (broad SMARTS) is 1. The van der Waals surface area contributed by atoms with E-state index in [9.17, 15) is 0 Å². The van der Waals surface area contributed by atoms with Crippen molar-refractivity contribution >= 4 is 28.5 Å². The second kappa shape index (κ2) is 6.68. The summed E-state index contributed by atoms with van der Waals surface area (Å²) in [5.74, 6) is 0. The molecule has 0 saturated carbocycles. The molecule has 0 heterocycles. The van der Waals surface area contributed by atoms with E-state index in [0.29, 0.717) is 0 Å². The number of carbonyl (C=O) groups is 1. The van der Waals surface area contributed by atoms with Gasteiger partial charge in [0.1, 0.15) is 0 Å². The van der Waals surface area contributed by atoms with E-state index < -0.39 is 24.9 Å². The fourth-order valence-corrected chi connectivity index (χ4v) is 4.47. The van der Waals surface area contributed by atoms with E-state index in [1.807, 2.05) is 13.2 Å². The van der Waals surface area contributed by atoms with Crippen molar-refractivity contribution in [1.82, 2.24) is 0 Å². The summed E-state index contributed by atoms with van der Waals surface area (Å²) < 4.78 is 6.95. The summed E-state index contributed by atoms with van der Waals surface area (Å²) >= 11 is -2.26. The van der Waals surface area contributed by atoms with Crippen LogP contribution in [0.5, 0.6) is 0 Å². The summed E-state index contributed by atoms with van der Waals surface area (Å²) in [7, 11) is 1.82. The third kappa shape index (κ3) is 6.35. The van der Waals surface area contributed by atoms with Crippen LogP contribution in [-0.4, -0.2) is 37.1 Å². The fourth-order valence-electron chi connectivity index (χ4n) is 0.957. The smallest absolute Gasteiger partial charge is 0.402 e. The largest absolute Gasteiger partial charge is 0.465 e. The molecule has 0 saturated heterocycles. The second-order valence-corrected chi connectivity index (χ2v) is 14.9. The number of amides is 1. The predicted octanol–water partition coefficient (Wildman–Crippen LogP) is 1.37. The quantitative estimate of drug-likeness (QED) is 0.809. The standard InChI is InChI=1S/C6H5.CH3NO2.CH3O.2CH3.Sn/c1-2-4-6-5-3-1;2-1(3)4;1-2;;;/h1-5H;2H2,(H,3,4);1H3;2*1H3;/q;;-1;;;+1. The number of benzene rings is 1. The molecule has 84 valence electrons. The first-order valence-electron chi connectivity index (χ1n) is 4.49. The van der Waals surface area contributed by atoms with Gasteiger partial charge in [0, 0.05) is 0 Å². The molecular weight excluding hydrogens is 301 g/mol. The Morgan fingerprint density at radius 1 is 1.33 bits per heavy atom. The maximum absolute atomic E-state index is 8.78. The van der Waals surface area contributed by atoms with Crippen molar-refractivity contribution in [2.45, 2.75) is 9.88 Å². The molecule has 1 aromatic rings. The van der Waals surface area contributed by atoms with Crippen molar-refractivity contribution < 1.29 is 13.0 Å². The van der Waals surface area contributed by atoms with Crippen molar-refractivity contribution in [3.63, 3.8) is 0 Å². The first kappa shape index (κ1) is 14.2. The maximum Gasteiger partial charge on any atom is 0.402 e. The minimum absolute atomic E-state index is 1.33. The van der Waals surface area contributed by atoms with Crippen LogP contribution in [0.1, 0.15) is 0 Å². The minimum Gasteiger partial charge on any atom is -0.465 e. The van der Waals surface area contributed by atoms with Crippen molar-refractivity contribution in [2.75, 3.05) is 7.11 Å². The molecule has 0 atom stereocenters. The van der Waals surface area contributed by atoms with Crippen LogP contribution < -0.4 is 9.31 Å². The third-order valence-corrected chi connectivity index (χ3v) is 9.81. The normalized spacial score (nSPS) is 10.1. The number of hydrogen-bond donors (Lipinski definition) is 2. The van der Waals surface area contributed by atoms with Gasteiger partial charge in [0.25, 0.3) is 0 Å². The summed E-state index contributed by atoms with van der Waals surface area (Å²) in [6.07, 6.45) is -1.33. The molecule has 0 unspecified atom stereocenters. The van der Waals surface area contributed by atoms with Crippen molar-refractivity contribution in [3.8, 4) is 0 Å². The molecule has 3 N–H and O–H groups in total. The van der Waals surface area contributed by atoms with Gasteiger partial charge < -0.3 is 10.8 Å². The van der Waals surface area contributed by atoms with Crippen LogP contribution in [0.4, 0.5) is 4.79 Å². The van der Waals surface area contributed by atoms with Gasteiger partial charge in [-0.25, -0.2) is 4.79 Å². The Morgan fingerprint density at radius 2 is 1.73 bits per heavy atom. The van der Waals surface area contributed by atoms with Gasteiger partial charge in [-0.15, -0.1) is 0 Å². The van der Waals surface area contributed by atoms with Gasteiger partial charge in [-0.2, -0.15) is 0 Å². The third-order valence-electron chi connectivity index (χ3n) is 1.98. The number of hydrogen-bond acceptors (Lipinski definition) is 2. The second-order valence-electron chi connectivity index (χ2n) is 3.42. The molecule has 0 aliphatic rings. The molecular formula is C10H17NO3Sn. The van der Waals surface area contributed by atoms with Crippen LogP contribution in [0.3, 0.4) is 0 Å². The predicted molar refractivity (Wildman–Crippen MR) is 62.8 cm³/mol. The molecule has 4 nitrogen and oxygen atoms in total. The zero-order chi connectivity index (χ0) is 11.9. The molecule has 1 aromatic carbocycles. The van der Waals surface area contributed by atoms with Crippen LogP contribution in [0, 0.1) is 0 Å². The van der Waals surface area contributed by atoms with Crippen LogP contribution in [-0.2, 0) is 3.07 Å². The average molecular weight is 318 g/mol. The topological polar surface area (TPSA) is 72.5 Å². The number of rotatable bonds is 2. The zero-order valence-corrected chi connectivity index (χ0v) is 12.1. The Kier molecular flexibility index (Phi) is 6.35. The van der Waals surface area contributed by atoms with E-state index in [0.717, 1.165) is 0 Å². The van der Waals surface area contributed by atoms with Crippen LogP contribution >= 0.6 is 0 Å². The molecule has 0 aliphatic heterocycles. The molecule has 0 aromatic heterocycles. The summed E-state index contributed by atoms with van der Waals surface area (Å²) in [6, 6.07) is 10.5. The van der Waals surface area contributed by atoms with E-state index >= 15 is 0 Å². The average Bonchev–Trinajstić information content (AvgIpc) is 2.18. The fraction of sp³-hybridized carbons (Fsp3) is 0.300. The zero-order valence-electron chi connectivity index (χ0n) is 9.23. The molecule has 15 heavy (non-hydrogen) atoms. The molecule has 1 amide bonds. The summed E-state index contributed by atoms with van der Waals surface area (Å²) in [6.45, 7) is 0. The van der Waals surface area contributed by atoms with E-state index in [2.05, 4.69) is 39.9 Å². The maximum atomic E-state index is 8.78. The molecule has 0 aliphatic carbocycles. The van der Waals surface area contributed by atoms with Crippen molar-refractivity contribution in [3.05, 3.63) is 30.3 Å². The Labute approximate surface area is 94.5 Å². The summed E-state index contributed by atoms with van der Waals surface area (Å²) in [4.78, 5) is 13.3. The molecule has 0 radical (unpaired) electrons. The monoisotopic (exact) mass is 319 g/mol. The Balaban J connectivity index is 0.000000423. The van der Waals surface area contributed by atoms with Gasteiger partial charge in [-0.3, -0.25) is 0 Å². The number of nitrogens with two attached hydrogens (primary N) is 1. The van der Waals surface area contributed by atoms with Gasteiger partial charge in [0.2, 0.25) is 0 Å². The summed E-state index contributed by atoms with van der Waals surface area (Å²) in [5, 5.41) is 7.19. The first-order chi connectivity index (χ1) is 6.90. The SMILES string of the molecule is C[O][Sn]([CH3])([CH3])[c]1ccccc1.NC(=O)O. The van der Waals surface area contributed by atoms with Gasteiger partial charge in [0.15, 0.2) is 0 Å². The van der Waals surface area contributed by atoms with E-state index in [-0.39, 0.29) is 0 Å². The van der Waals surface area contributed by atoms with Crippen LogP contribution in [0.2, 0.25) is 9.88 Å². The van der Waals surface area contributed by atoms with E-state index in [1.54, 1.807) is 0 Å². The molecule has 1 rings (SSSR count). The molecule has 0 spiro atoms. The Bertz CT molecular complexity index is 297. The molecule has 0 fully saturated rings. The Hall–Kier alpha value is -0.751. The minimum atomic E-state index is -2.26. The van der Waals surface area contributed by atoms with E-state index in [4.69, 9.17) is 13.0 Å². The van der Waals surface area contributed by atoms with Crippen molar-refractivity contribution in [1.29, 1.82) is 0 Å². The van der Waals surface area contributed by atoms with Crippen LogP contribution in [0.25, 0.3) is 0 Å². The van der Waals surface area contributed by atoms with E-state index in [1.165, 1.54) is 3.58 Å². The van der Waals surface area contributed by atoms with Gasteiger partial charge in [-0.05, 0) is 0 Å². The van der Waals surface area contributed by atoms with Crippen molar-refractivity contribution in [2.24, 2.45) is 5.73 Å².